The molecule has 0 spiro atoms. The largest absolute Gasteiger partial charge is 0.480 e. The van der Waals surface area contributed by atoms with E-state index in [-0.39, 0.29) is 18.5 Å². The topological polar surface area (TPSA) is 57.6 Å². The molecule has 0 bridgehead atoms. The molecule has 100 valence electrons. The Morgan fingerprint density at radius 2 is 2.16 bits per heavy atom. The van der Waals surface area contributed by atoms with Crippen molar-refractivity contribution in [1.82, 2.24) is 4.90 Å². The van der Waals surface area contributed by atoms with Gasteiger partial charge in [-0.25, -0.2) is 0 Å². The van der Waals surface area contributed by atoms with Gasteiger partial charge in [0.15, 0.2) is 0 Å². The average Bonchev–Trinajstić information content (AvgIpc) is 3.17. The lowest BCUT2D eigenvalue weighted by Crippen LogP contribution is -2.36. The van der Waals surface area contributed by atoms with Gasteiger partial charge in [0.1, 0.15) is 6.54 Å². The van der Waals surface area contributed by atoms with E-state index in [9.17, 15) is 9.59 Å². The molecule has 0 unspecified atom stereocenters. The Labute approximate surface area is 112 Å². The molecule has 0 saturated heterocycles. The van der Waals surface area contributed by atoms with Crippen LogP contribution in [0.1, 0.15) is 24.0 Å². The molecule has 0 radical (unpaired) electrons. The highest BCUT2D eigenvalue weighted by Gasteiger charge is 2.32. The van der Waals surface area contributed by atoms with Crippen LogP contribution in [0.3, 0.4) is 0 Å². The predicted molar refractivity (Wildman–Crippen MR) is 72.6 cm³/mol. The maximum atomic E-state index is 12.0. The van der Waals surface area contributed by atoms with Crippen molar-refractivity contribution in [2.45, 2.75) is 25.8 Å². The molecule has 1 aliphatic carbocycles. The van der Waals surface area contributed by atoms with E-state index in [1.807, 2.05) is 31.2 Å². The minimum atomic E-state index is -0.968. The maximum Gasteiger partial charge on any atom is 0.323 e. The number of hydrogen-bond donors (Lipinski definition) is 1. The molecule has 19 heavy (non-hydrogen) atoms. The molecule has 0 heterocycles. The third-order valence-electron chi connectivity index (χ3n) is 3.04. The summed E-state index contributed by atoms with van der Waals surface area (Å²) in [5.74, 6) is -1.20. The molecule has 0 atom stereocenters. The van der Waals surface area contributed by atoms with Gasteiger partial charge in [-0.3, -0.25) is 9.59 Å². The first-order valence-electron chi connectivity index (χ1n) is 6.33. The first-order valence-corrected chi connectivity index (χ1v) is 6.33. The van der Waals surface area contributed by atoms with E-state index in [1.165, 1.54) is 11.0 Å². The summed E-state index contributed by atoms with van der Waals surface area (Å²) in [4.78, 5) is 24.2. The minimum Gasteiger partial charge on any atom is -0.480 e. The quantitative estimate of drug-likeness (QED) is 0.824. The third-order valence-corrected chi connectivity index (χ3v) is 3.04. The van der Waals surface area contributed by atoms with Crippen molar-refractivity contribution in [2.75, 3.05) is 6.54 Å². The van der Waals surface area contributed by atoms with Gasteiger partial charge in [0.25, 0.3) is 0 Å². The molecule has 2 rings (SSSR count). The van der Waals surface area contributed by atoms with Crippen LogP contribution in [0.4, 0.5) is 0 Å². The number of rotatable bonds is 5. The fraction of sp³-hybridized carbons (Fsp3) is 0.333. The Bertz CT molecular complexity index is 518. The lowest BCUT2D eigenvalue weighted by atomic mass is 10.1. The van der Waals surface area contributed by atoms with E-state index in [4.69, 9.17) is 5.11 Å². The van der Waals surface area contributed by atoms with E-state index in [0.29, 0.717) is 0 Å². The zero-order valence-electron chi connectivity index (χ0n) is 10.9. The molecule has 1 aromatic rings. The standard InChI is InChI=1S/C15H17NO3/c1-11-3-2-4-12(9-11)5-8-14(17)16(10-15(18)19)13-6-7-13/h2-5,8-9,13H,6-7,10H2,1H3,(H,18,19). The SMILES string of the molecule is Cc1cccc(C=CC(=O)N(CC(=O)O)C2CC2)c1. The first-order chi connectivity index (χ1) is 9.06. The van der Waals surface area contributed by atoms with Crippen molar-refractivity contribution in [2.24, 2.45) is 0 Å². The Kier molecular flexibility index (Phi) is 4.00. The lowest BCUT2D eigenvalue weighted by molar-refractivity contribution is -0.143. The first kappa shape index (κ1) is 13.3. The molecular weight excluding hydrogens is 242 g/mol. The Balaban J connectivity index is 2.04. The molecule has 0 aromatic heterocycles. The van der Waals surface area contributed by atoms with Gasteiger partial charge in [0, 0.05) is 12.1 Å². The highest BCUT2D eigenvalue weighted by atomic mass is 16.4. The molecule has 4 nitrogen and oxygen atoms in total. The number of aryl methyl sites for hydroxylation is 1. The van der Waals surface area contributed by atoms with Crippen LogP contribution in [0.15, 0.2) is 30.3 Å². The number of carboxylic acids is 1. The van der Waals surface area contributed by atoms with E-state index >= 15 is 0 Å². The Morgan fingerprint density at radius 3 is 2.74 bits per heavy atom. The van der Waals surface area contributed by atoms with Crippen LogP contribution in [-0.2, 0) is 9.59 Å². The van der Waals surface area contributed by atoms with Gasteiger partial charge in [0.2, 0.25) is 5.91 Å². The fourth-order valence-electron chi connectivity index (χ4n) is 1.96. The zero-order valence-corrected chi connectivity index (χ0v) is 10.9. The van der Waals surface area contributed by atoms with Crippen LogP contribution in [0, 0.1) is 6.92 Å². The van der Waals surface area contributed by atoms with Crippen LogP contribution in [0.25, 0.3) is 6.08 Å². The highest BCUT2D eigenvalue weighted by Crippen LogP contribution is 2.26. The third kappa shape index (κ3) is 3.95. The Morgan fingerprint density at radius 1 is 1.42 bits per heavy atom. The summed E-state index contributed by atoms with van der Waals surface area (Å²) in [7, 11) is 0. The Hall–Kier alpha value is -2.10. The molecule has 1 fully saturated rings. The van der Waals surface area contributed by atoms with E-state index in [2.05, 4.69) is 0 Å². The predicted octanol–water partition coefficient (Wildman–Crippen LogP) is 2.08. The second-order valence-corrected chi connectivity index (χ2v) is 4.84. The smallest absolute Gasteiger partial charge is 0.323 e. The molecule has 0 aliphatic heterocycles. The molecule has 1 aliphatic rings. The van der Waals surface area contributed by atoms with Crippen LogP contribution in [-0.4, -0.2) is 34.5 Å². The van der Waals surface area contributed by atoms with Crippen molar-refractivity contribution < 1.29 is 14.7 Å². The summed E-state index contributed by atoms with van der Waals surface area (Å²) >= 11 is 0. The van der Waals surface area contributed by atoms with Crippen LogP contribution >= 0.6 is 0 Å². The molecule has 1 N–H and O–H groups in total. The number of amides is 1. The van der Waals surface area contributed by atoms with Crippen molar-refractivity contribution >= 4 is 18.0 Å². The number of carbonyl (C=O) groups is 2. The normalized spacial score (nSPS) is 14.6. The van der Waals surface area contributed by atoms with Crippen LogP contribution < -0.4 is 0 Å². The molecular formula is C15H17NO3. The number of aliphatic carboxylic acids is 1. The number of hydrogen-bond acceptors (Lipinski definition) is 2. The monoisotopic (exact) mass is 259 g/mol. The lowest BCUT2D eigenvalue weighted by Gasteiger charge is -2.17. The zero-order chi connectivity index (χ0) is 13.8. The van der Waals surface area contributed by atoms with Gasteiger partial charge in [0.05, 0.1) is 0 Å². The molecule has 1 aromatic carbocycles. The van der Waals surface area contributed by atoms with Gasteiger partial charge < -0.3 is 10.0 Å². The summed E-state index contributed by atoms with van der Waals surface area (Å²) in [6.45, 7) is 1.77. The van der Waals surface area contributed by atoms with E-state index in [0.717, 1.165) is 24.0 Å². The van der Waals surface area contributed by atoms with Gasteiger partial charge in [-0.15, -0.1) is 0 Å². The van der Waals surface area contributed by atoms with E-state index < -0.39 is 5.97 Å². The van der Waals surface area contributed by atoms with Gasteiger partial charge >= 0.3 is 5.97 Å². The van der Waals surface area contributed by atoms with Crippen LogP contribution in [0.2, 0.25) is 0 Å². The van der Waals surface area contributed by atoms with Gasteiger partial charge in [-0.05, 0) is 31.4 Å². The average molecular weight is 259 g/mol. The maximum absolute atomic E-state index is 12.0. The summed E-state index contributed by atoms with van der Waals surface area (Å²) in [5, 5.41) is 8.81. The molecule has 1 amide bonds. The van der Waals surface area contributed by atoms with Crippen LogP contribution in [0.5, 0.6) is 0 Å². The van der Waals surface area contributed by atoms with Gasteiger partial charge in [-0.1, -0.05) is 29.8 Å². The second kappa shape index (κ2) is 5.69. The highest BCUT2D eigenvalue weighted by molar-refractivity contribution is 5.94. The fourth-order valence-corrected chi connectivity index (χ4v) is 1.96. The summed E-state index contributed by atoms with van der Waals surface area (Å²) < 4.78 is 0. The summed E-state index contributed by atoms with van der Waals surface area (Å²) in [5.41, 5.74) is 2.07. The van der Waals surface area contributed by atoms with Crippen molar-refractivity contribution in [1.29, 1.82) is 0 Å². The minimum absolute atomic E-state index is 0.103. The molecule has 1 saturated carbocycles. The number of carbonyl (C=O) groups excluding carboxylic acids is 1. The van der Waals surface area contributed by atoms with Gasteiger partial charge in [-0.2, -0.15) is 0 Å². The molecule has 4 heteroatoms. The van der Waals surface area contributed by atoms with Crippen molar-refractivity contribution in [3.63, 3.8) is 0 Å². The van der Waals surface area contributed by atoms with Crippen molar-refractivity contribution in [3.05, 3.63) is 41.5 Å². The van der Waals surface area contributed by atoms with E-state index in [1.54, 1.807) is 6.08 Å². The summed E-state index contributed by atoms with van der Waals surface area (Å²) in [6, 6.07) is 7.90. The number of benzene rings is 1. The second-order valence-electron chi connectivity index (χ2n) is 4.84. The number of nitrogens with zero attached hydrogens (tertiary/aromatic N) is 1. The number of carboxylic acid groups (broad SMARTS) is 1. The summed E-state index contributed by atoms with van der Waals surface area (Å²) in [6.07, 6.45) is 4.98. The van der Waals surface area contributed by atoms with Crippen molar-refractivity contribution in [3.8, 4) is 0 Å².